The predicted octanol–water partition coefficient (Wildman–Crippen LogP) is 5.04. The fourth-order valence-electron chi connectivity index (χ4n) is 1.30. The van der Waals surface area contributed by atoms with Gasteiger partial charge in [0.2, 0.25) is 0 Å². The Morgan fingerprint density at radius 3 is 1.35 bits per heavy atom. The molecule has 0 atom stereocenters. The molecule has 0 heterocycles. The average Bonchev–Trinajstić information content (AvgIpc) is 3.00. The Kier molecular flexibility index (Phi) is 11.7. The molecule has 2 aromatic carbocycles. The Morgan fingerprint density at radius 1 is 0.750 bits per heavy atom. The van der Waals surface area contributed by atoms with Gasteiger partial charge in [-0.15, -0.1) is 30.7 Å². The van der Waals surface area contributed by atoms with E-state index in [0.29, 0.717) is 0 Å². The van der Waals surface area contributed by atoms with Crippen LogP contribution in [0, 0.1) is 19.9 Å². The van der Waals surface area contributed by atoms with E-state index in [1.54, 1.807) is 0 Å². The van der Waals surface area contributed by atoms with Crippen molar-refractivity contribution in [1.82, 2.24) is 0 Å². The van der Waals surface area contributed by atoms with E-state index in [-0.39, 0.29) is 26.2 Å². The molecule has 0 aromatic heterocycles. The molecule has 0 saturated carbocycles. The molecule has 0 nitrogen and oxygen atoms in total. The van der Waals surface area contributed by atoms with Crippen LogP contribution < -0.4 is 0 Å². The summed E-state index contributed by atoms with van der Waals surface area (Å²) in [4.78, 5) is 0. The minimum atomic E-state index is 0. The van der Waals surface area contributed by atoms with Gasteiger partial charge in [0.15, 0.2) is 0 Å². The molecule has 1 heteroatoms. The maximum absolute atomic E-state index is 3.72. The summed E-state index contributed by atoms with van der Waals surface area (Å²) < 4.78 is 0. The van der Waals surface area contributed by atoms with Crippen LogP contribution in [0.4, 0.5) is 0 Å². The second kappa shape index (κ2) is 12.6. The molecule has 0 N–H and O–H groups in total. The van der Waals surface area contributed by atoms with Crippen molar-refractivity contribution < 1.29 is 26.2 Å². The van der Waals surface area contributed by atoms with Crippen LogP contribution in [-0.2, 0) is 26.2 Å². The molecule has 0 fully saturated rings. The van der Waals surface area contributed by atoms with E-state index >= 15 is 0 Å². The van der Waals surface area contributed by atoms with Crippen molar-refractivity contribution in [2.45, 2.75) is 6.42 Å². The summed E-state index contributed by atoms with van der Waals surface area (Å²) in [5.74, 6) is 0. The van der Waals surface area contributed by atoms with Crippen LogP contribution in [0.2, 0.25) is 0 Å². The molecule has 20 heavy (non-hydrogen) atoms. The van der Waals surface area contributed by atoms with Crippen molar-refractivity contribution in [3.63, 3.8) is 0 Å². The van der Waals surface area contributed by atoms with Crippen molar-refractivity contribution >= 4 is 0 Å². The van der Waals surface area contributed by atoms with Crippen molar-refractivity contribution in [1.29, 1.82) is 0 Å². The van der Waals surface area contributed by atoms with Gasteiger partial charge in [0, 0.05) is 0 Å². The van der Waals surface area contributed by atoms with Gasteiger partial charge in [-0.05, 0) is 0 Å². The van der Waals surface area contributed by atoms with Crippen LogP contribution in [0.1, 0.15) is 17.5 Å². The van der Waals surface area contributed by atoms with Crippen LogP contribution in [0.25, 0.3) is 0 Å². The SMILES string of the molecule is [C-]1=CC=CC1.[CH2-]c1ccccc1.[CH2-]c1ccccc1.[Zr+3]. The van der Waals surface area contributed by atoms with Crippen LogP contribution in [0.5, 0.6) is 0 Å². The van der Waals surface area contributed by atoms with E-state index < -0.39 is 0 Å². The fourth-order valence-corrected chi connectivity index (χ4v) is 1.30. The Bertz CT molecular complexity index is 436. The molecule has 0 unspecified atom stereocenters. The quantitative estimate of drug-likeness (QED) is 0.590. The molecule has 0 spiro atoms. The van der Waals surface area contributed by atoms with E-state index in [0.717, 1.165) is 17.5 Å². The molecule has 0 aliphatic heterocycles. The topological polar surface area (TPSA) is 0 Å². The van der Waals surface area contributed by atoms with E-state index in [4.69, 9.17) is 0 Å². The number of benzene rings is 2. The Balaban J connectivity index is 0.000000268. The second-order valence-corrected chi connectivity index (χ2v) is 3.97. The zero-order chi connectivity index (χ0) is 13.8. The first-order valence-electron chi connectivity index (χ1n) is 6.25. The molecule has 1 aliphatic rings. The largest absolute Gasteiger partial charge is 3.00 e. The first-order chi connectivity index (χ1) is 9.29. The van der Waals surface area contributed by atoms with Gasteiger partial charge in [-0.2, -0.15) is 55.3 Å². The first-order valence-corrected chi connectivity index (χ1v) is 6.25. The Hall–Kier alpha value is -1.46. The van der Waals surface area contributed by atoms with Crippen molar-refractivity contribution in [2.75, 3.05) is 0 Å². The summed E-state index contributed by atoms with van der Waals surface area (Å²) in [6.45, 7) is 7.44. The third kappa shape index (κ3) is 10.5. The number of hydrogen-bond donors (Lipinski definition) is 0. The molecule has 1 radical (unpaired) electrons. The molecule has 0 bridgehead atoms. The molecular formula is C19H19Zr. The number of rotatable bonds is 0. The molecule has 0 amide bonds. The van der Waals surface area contributed by atoms with Gasteiger partial charge in [-0.1, -0.05) is 12.1 Å². The van der Waals surface area contributed by atoms with Crippen molar-refractivity contribution in [3.8, 4) is 0 Å². The predicted molar refractivity (Wildman–Crippen MR) is 83.4 cm³/mol. The second-order valence-electron chi connectivity index (χ2n) is 3.97. The van der Waals surface area contributed by atoms with Gasteiger partial charge in [0.1, 0.15) is 0 Å². The summed E-state index contributed by atoms with van der Waals surface area (Å²) in [7, 11) is 0. The van der Waals surface area contributed by atoms with Gasteiger partial charge in [0.05, 0.1) is 0 Å². The summed E-state index contributed by atoms with van der Waals surface area (Å²) in [5.41, 5.74) is 2.14. The summed E-state index contributed by atoms with van der Waals surface area (Å²) in [5, 5.41) is 0. The maximum Gasteiger partial charge on any atom is 3.00 e. The van der Waals surface area contributed by atoms with Crippen LogP contribution in [0.3, 0.4) is 0 Å². The fraction of sp³-hybridized carbons (Fsp3) is 0.0526. The van der Waals surface area contributed by atoms with Crippen molar-refractivity contribution in [3.05, 3.63) is 110 Å². The monoisotopic (exact) mass is 337 g/mol. The van der Waals surface area contributed by atoms with Crippen LogP contribution in [-0.4, -0.2) is 0 Å². The Morgan fingerprint density at radius 2 is 1.20 bits per heavy atom. The zero-order valence-corrected chi connectivity index (χ0v) is 14.1. The van der Waals surface area contributed by atoms with Crippen molar-refractivity contribution in [2.24, 2.45) is 0 Å². The zero-order valence-electron chi connectivity index (χ0n) is 11.6. The number of hydrogen-bond acceptors (Lipinski definition) is 0. The minimum Gasteiger partial charge on any atom is -0.273 e. The van der Waals surface area contributed by atoms with E-state index in [2.05, 4.69) is 26.0 Å². The van der Waals surface area contributed by atoms with E-state index in [1.165, 1.54) is 0 Å². The summed E-state index contributed by atoms with van der Waals surface area (Å²) in [6, 6.07) is 19.7. The molecule has 3 rings (SSSR count). The third-order valence-electron chi connectivity index (χ3n) is 2.27. The van der Waals surface area contributed by atoms with Gasteiger partial charge < -0.3 is 0 Å². The van der Waals surface area contributed by atoms with Gasteiger partial charge in [-0.25, -0.2) is 12.2 Å². The standard InChI is InChI=1S/2C7H7.C5H5.Zr/c2*1-7-5-3-2-4-6-7;1-2-4-5-3-1;/h2*2-6H,1H2;1-3H,4H2;/q3*-1;+3. The van der Waals surface area contributed by atoms with E-state index in [1.807, 2.05) is 72.8 Å². The normalized spacial score (nSPS) is 10.4. The van der Waals surface area contributed by atoms with Gasteiger partial charge in [0.25, 0.3) is 0 Å². The van der Waals surface area contributed by atoms with Gasteiger partial charge in [-0.3, -0.25) is 6.08 Å². The van der Waals surface area contributed by atoms with E-state index in [9.17, 15) is 0 Å². The van der Waals surface area contributed by atoms with Gasteiger partial charge >= 0.3 is 26.2 Å². The van der Waals surface area contributed by atoms with Crippen LogP contribution >= 0.6 is 0 Å². The Labute approximate surface area is 142 Å². The summed E-state index contributed by atoms with van der Waals surface area (Å²) in [6.07, 6.45) is 10.0. The maximum atomic E-state index is 3.72. The molecule has 1 aliphatic carbocycles. The average molecular weight is 339 g/mol. The summed E-state index contributed by atoms with van der Waals surface area (Å²) >= 11 is 0. The molecule has 2 aromatic rings. The third-order valence-corrected chi connectivity index (χ3v) is 2.27. The molecular weight excluding hydrogens is 319 g/mol. The molecule has 99 valence electrons. The molecule has 0 saturated heterocycles. The first kappa shape index (κ1) is 18.5. The number of allylic oxidation sites excluding steroid dienone is 4. The minimum absolute atomic E-state index is 0. The smallest absolute Gasteiger partial charge is 0.273 e. The van der Waals surface area contributed by atoms with Crippen LogP contribution in [0.15, 0.2) is 78.9 Å².